The predicted octanol–water partition coefficient (Wildman–Crippen LogP) is 4.99. The molecule has 5 aromatic rings. The number of aryl methyl sites for hydroxylation is 1. The number of fused-ring (bicyclic) bond motifs is 1. The van der Waals surface area contributed by atoms with Crippen LogP contribution in [0.25, 0.3) is 26.9 Å². The first-order valence-electron chi connectivity index (χ1n) is 10.2. The number of nitrogens with one attached hydrogen (secondary N) is 2. The molecule has 0 aliphatic carbocycles. The fraction of sp³-hybridized carbons (Fsp3) is 0.0870. The first kappa shape index (κ1) is 22.4. The minimum Gasteiger partial charge on any atom is -0.451 e. The van der Waals surface area contributed by atoms with Gasteiger partial charge in [0.25, 0.3) is 5.91 Å². The second kappa shape index (κ2) is 9.45. The Kier molecular flexibility index (Phi) is 6.22. The predicted molar refractivity (Wildman–Crippen MR) is 138 cm³/mol. The summed E-state index contributed by atoms with van der Waals surface area (Å²) in [6, 6.07) is 19.0. The number of carbonyl (C=O) groups excluding carboxylic acids is 1. The Hall–Kier alpha value is -3.41. The van der Waals surface area contributed by atoms with Gasteiger partial charge in [0.1, 0.15) is 10.8 Å². The third-order valence-corrected chi connectivity index (χ3v) is 6.71. The molecule has 0 atom stereocenters. The molecule has 34 heavy (non-hydrogen) atoms. The van der Waals surface area contributed by atoms with Crippen LogP contribution in [0.4, 0.5) is 0 Å². The van der Waals surface area contributed by atoms with E-state index >= 15 is 0 Å². The lowest BCUT2D eigenvalue weighted by molar-refractivity contribution is 0.0950. The van der Waals surface area contributed by atoms with Gasteiger partial charge in [-0.2, -0.15) is 9.61 Å². The summed E-state index contributed by atoms with van der Waals surface area (Å²) in [5.74, 6) is 1.14. The summed E-state index contributed by atoms with van der Waals surface area (Å²) < 4.78 is 8.39. The van der Waals surface area contributed by atoms with Crippen LogP contribution < -0.4 is 10.6 Å². The Balaban J connectivity index is 1.16. The van der Waals surface area contributed by atoms with Crippen LogP contribution in [0.1, 0.15) is 21.9 Å². The quantitative estimate of drug-likeness (QED) is 0.296. The minimum atomic E-state index is -0.408. The Bertz CT molecular complexity index is 1490. The average Bonchev–Trinajstić information content (AvgIpc) is 3.57. The molecule has 3 heterocycles. The lowest BCUT2D eigenvalue weighted by Crippen LogP contribution is -2.38. The second-order valence-electron chi connectivity index (χ2n) is 7.35. The lowest BCUT2D eigenvalue weighted by atomic mass is 10.1. The number of benzene rings is 2. The Morgan fingerprint density at radius 3 is 2.53 bits per heavy atom. The van der Waals surface area contributed by atoms with Crippen molar-refractivity contribution in [2.45, 2.75) is 13.5 Å². The highest BCUT2D eigenvalue weighted by Gasteiger charge is 2.14. The van der Waals surface area contributed by atoms with E-state index in [4.69, 9.17) is 16.6 Å². The van der Waals surface area contributed by atoms with Crippen molar-refractivity contribution in [2.75, 3.05) is 0 Å². The van der Waals surface area contributed by atoms with Crippen molar-refractivity contribution >= 4 is 55.5 Å². The maximum absolute atomic E-state index is 12.5. The van der Waals surface area contributed by atoms with Crippen LogP contribution in [0.2, 0.25) is 0 Å². The smallest absolute Gasteiger partial charge is 0.293 e. The van der Waals surface area contributed by atoms with Gasteiger partial charge in [-0.3, -0.25) is 10.1 Å². The van der Waals surface area contributed by atoms with Gasteiger partial charge < -0.3 is 9.73 Å². The molecule has 2 N–H and O–H groups in total. The van der Waals surface area contributed by atoms with Crippen molar-refractivity contribution in [2.24, 2.45) is 0 Å². The number of carbonyl (C=O) groups is 1. The number of rotatable bonds is 5. The molecule has 5 rings (SSSR count). The average molecular weight is 553 g/mol. The van der Waals surface area contributed by atoms with Crippen molar-refractivity contribution in [1.29, 1.82) is 0 Å². The van der Waals surface area contributed by atoms with Gasteiger partial charge in [0.2, 0.25) is 4.96 Å². The van der Waals surface area contributed by atoms with Crippen LogP contribution in [-0.2, 0) is 6.54 Å². The van der Waals surface area contributed by atoms with Gasteiger partial charge in [-0.25, -0.2) is 0 Å². The van der Waals surface area contributed by atoms with Crippen molar-refractivity contribution in [3.05, 3.63) is 82.3 Å². The Morgan fingerprint density at radius 1 is 1.06 bits per heavy atom. The molecule has 0 spiro atoms. The molecule has 0 bridgehead atoms. The largest absolute Gasteiger partial charge is 0.451 e. The molecule has 2 aromatic carbocycles. The molecular formula is C23H17BrN6O2S2. The number of amides is 1. The van der Waals surface area contributed by atoms with Crippen LogP contribution in [-0.4, -0.2) is 30.8 Å². The number of hydrogen-bond acceptors (Lipinski definition) is 7. The summed E-state index contributed by atoms with van der Waals surface area (Å²) in [4.78, 5) is 13.2. The number of thiocarbonyl (C=S) groups is 1. The van der Waals surface area contributed by atoms with Gasteiger partial charge in [-0.1, -0.05) is 63.7 Å². The lowest BCUT2D eigenvalue weighted by Gasteiger charge is -2.09. The van der Waals surface area contributed by atoms with E-state index in [1.165, 1.54) is 11.3 Å². The molecule has 170 valence electrons. The van der Waals surface area contributed by atoms with E-state index < -0.39 is 5.91 Å². The Morgan fingerprint density at radius 2 is 1.79 bits per heavy atom. The van der Waals surface area contributed by atoms with Gasteiger partial charge in [-0.05, 0) is 49.0 Å². The van der Waals surface area contributed by atoms with Crippen molar-refractivity contribution in [1.82, 2.24) is 30.4 Å². The van der Waals surface area contributed by atoms with Gasteiger partial charge in [-0.15, -0.1) is 10.2 Å². The topological polar surface area (TPSA) is 97.3 Å². The van der Waals surface area contributed by atoms with Gasteiger partial charge >= 0.3 is 0 Å². The number of aromatic nitrogens is 4. The molecule has 0 saturated heterocycles. The van der Waals surface area contributed by atoms with E-state index in [9.17, 15) is 4.79 Å². The molecular weight excluding hydrogens is 536 g/mol. The van der Waals surface area contributed by atoms with E-state index in [-0.39, 0.29) is 10.9 Å². The zero-order valence-corrected chi connectivity index (χ0v) is 21.0. The van der Waals surface area contributed by atoms with Gasteiger partial charge in [0, 0.05) is 22.1 Å². The van der Waals surface area contributed by atoms with Crippen molar-refractivity contribution in [3.8, 4) is 21.9 Å². The first-order chi connectivity index (χ1) is 16.5. The van der Waals surface area contributed by atoms with Crippen LogP contribution in [0, 0.1) is 6.92 Å². The molecule has 0 aliphatic rings. The van der Waals surface area contributed by atoms with Gasteiger partial charge in [0.15, 0.2) is 16.7 Å². The molecule has 0 saturated carbocycles. The standard InChI is InChI=1S/C23H17BrN6O2S2/c1-13-27-28-23-30(13)29-21(34-23)16-4-2-14(3-5-16)12-25-22(33)26-20(31)19-11-10-18(32-19)15-6-8-17(24)9-7-15/h2-11H,12H2,1H3,(H2,25,26,31,33). The fourth-order valence-electron chi connectivity index (χ4n) is 3.22. The second-order valence-corrected chi connectivity index (χ2v) is 9.63. The first-order valence-corrected chi connectivity index (χ1v) is 12.2. The van der Waals surface area contributed by atoms with E-state index in [0.29, 0.717) is 12.3 Å². The van der Waals surface area contributed by atoms with Crippen molar-refractivity contribution < 1.29 is 9.21 Å². The van der Waals surface area contributed by atoms with E-state index in [0.717, 1.165) is 37.0 Å². The number of nitrogens with zero attached hydrogens (tertiary/aromatic N) is 4. The highest BCUT2D eigenvalue weighted by Crippen LogP contribution is 2.26. The monoisotopic (exact) mass is 552 g/mol. The summed E-state index contributed by atoms with van der Waals surface area (Å²) >= 11 is 10.2. The summed E-state index contributed by atoms with van der Waals surface area (Å²) in [6.07, 6.45) is 0. The number of furan rings is 1. The SMILES string of the molecule is Cc1nnc2sc(-c3ccc(CNC(=S)NC(=O)c4ccc(-c5ccc(Br)cc5)o4)cc3)nn12. The molecule has 0 radical (unpaired) electrons. The summed E-state index contributed by atoms with van der Waals surface area (Å²) in [5, 5.41) is 19.4. The normalized spacial score (nSPS) is 11.0. The zero-order chi connectivity index (χ0) is 23.7. The summed E-state index contributed by atoms with van der Waals surface area (Å²) in [7, 11) is 0. The minimum absolute atomic E-state index is 0.187. The zero-order valence-electron chi connectivity index (χ0n) is 17.8. The highest BCUT2D eigenvalue weighted by molar-refractivity contribution is 9.10. The van der Waals surface area contributed by atoms with Crippen molar-refractivity contribution in [3.63, 3.8) is 0 Å². The number of hydrogen-bond donors (Lipinski definition) is 2. The van der Waals surface area contributed by atoms with E-state index in [1.54, 1.807) is 16.6 Å². The third kappa shape index (κ3) is 4.76. The molecule has 0 fully saturated rings. The molecule has 3 aromatic heterocycles. The Labute approximate surface area is 212 Å². The molecule has 8 nitrogen and oxygen atoms in total. The molecule has 1 amide bonds. The molecule has 0 aliphatic heterocycles. The molecule has 11 heteroatoms. The van der Waals surface area contributed by atoms with Crippen LogP contribution in [0.15, 0.2) is 69.6 Å². The maximum atomic E-state index is 12.5. The maximum Gasteiger partial charge on any atom is 0.293 e. The van der Waals surface area contributed by atoms with E-state index in [1.807, 2.05) is 55.5 Å². The highest BCUT2D eigenvalue weighted by atomic mass is 79.9. The van der Waals surface area contributed by atoms with Crippen LogP contribution in [0.3, 0.4) is 0 Å². The summed E-state index contributed by atoms with van der Waals surface area (Å²) in [5.41, 5.74) is 2.88. The number of halogens is 1. The van der Waals surface area contributed by atoms with Crippen LogP contribution in [0.5, 0.6) is 0 Å². The summed E-state index contributed by atoms with van der Waals surface area (Å²) in [6.45, 7) is 2.33. The third-order valence-electron chi connectivity index (χ3n) is 4.99. The van der Waals surface area contributed by atoms with Crippen LogP contribution >= 0.6 is 39.5 Å². The molecule has 0 unspecified atom stereocenters. The van der Waals surface area contributed by atoms with E-state index in [2.05, 4.69) is 41.9 Å². The fourth-order valence-corrected chi connectivity index (χ4v) is 4.54. The van der Waals surface area contributed by atoms with Gasteiger partial charge in [0.05, 0.1) is 0 Å².